The Balaban J connectivity index is 1.97. The first-order chi connectivity index (χ1) is 10.4. The second-order valence-corrected chi connectivity index (χ2v) is 4.94. The number of carbonyl (C=O) groups excluding carboxylic acids is 1. The molecule has 1 aromatic carbocycles. The smallest absolute Gasteiger partial charge is 0.244 e. The Morgan fingerprint density at radius 3 is 2.59 bits per heavy atom. The number of hydrogen-bond acceptors (Lipinski definition) is 3. The average Bonchev–Trinajstić information content (AvgIpc) is 3.00. The highest BCUT2D eigenvalue weighted by atomic mass is 19.1. The molecular weight excluding hydrogens is 292 g/mol. The van der Waals surface area contributed by atoms with Crippen LogP contribution in [0.5, 0.6) is 0 Å². The summed E-state index contributed by atoms with van der Waals surface area (Å²) in [6.45, 7) is 1.37. The number of furan rings is 1. The number of benzene rings is 1. The number of carbonyl (C=O) groups is 1. The van der Waals surface area contributed by atoms with Crippen LogP contribution in [0.15, 0.2) is 47.1 Å². The molecule has 0 bridgehead atoms. The minimum atomic E-state index is -1.38. The van der Waals surface area contributed by atoms with Crippen LogP contribution in [-0.2, 0) is 10.4 Å². The van der Waals surface area contributed by atoms with Crippen molar-refractivity contribution in [3.05, 3.63) is 65.6 Å². The summed E-state index contributed by atoms with van der Waals surface area (Å²) in [7, 11) is 0. The summed E-state index contributed by atoms with van der Waals surface area (Å²) < 4.78 is 31.8. The standard InChI is InChI=1S/C16H15F2NO3/c1-16(21,14-6-3-9-22-14)10-19-15(20)8-7-11-12(17)4-2-5-13(11)18/h2-9,21H,10H2,1H3,(H,19,20). The lowest BCUT2D eigenvalue weighted by atomic mass is 10.0. The van der Waals surface area contributed by atoms with Gasteiger partial charge in [0.15, 0.2) is 0 Å². The Kier molecular flexibility index (Phi) is 4.72. The topological polar surface area (TPSA) is 62.5 Å². The van der Waals surface area contributed by atoms with E-state index in [-0.39, 0.29) is 12.1 Å². The number of aliphatic hydroxyl groups is 1. The molecule has 0 aliphatic carbocycles. The monoisotopic (exact) mass is 307 g/mol. The molecule has 1 atom stereocenters. The molecule has 2 aromatic rings. The van der Waals surface area contributed by atoms with E-state index < -0.39 is 23.1 Å². The Morgan fingerprint density at radius 2 is 2.00 bits per heavy atom. The van der Waals surface area contributed by atoms with Gasteiger partial charge in [-0.05, 0) is 37.3 Å². The molecule has 1 unspecified atom stereocenters. The van der Waals surface area contributed by atoms with E-state index >= 15 is 0 Å². The lowest BCUT2D eigenvalue weighted by Gasteiger charge is -2.20. The van der Waals surface area contributed by atoms with Crippen molar-refractivity contribution in [3.8, 4) is 0 Å². The van der Waals surface area contributed by atoms with Crippen LogP contribution in [0.3, 0.4) is 0 Å². The van der Waals surface area contributed by atoms with Crippen LogP contribution in [0.4, 0.5) is 8.78 Å². The van der Waals surface area contributed by atoms with Gasteiger partial charge in [-0.2, -0.15) is 0 Å². The van der Waals surface area contributed by atoms with E-state index in [0.717, 1.165) is 24.3 Å². The van der Waals surface area contributed by atoms with Crippen LogP contribution in [0.1, 0.15) is 18.2 Å². The fourth-order valence-electron chi connectivity index (χ4n) is 1.82. The van der Waals surface area contributed by atoms with Gasteiger partial charge < -0.3 is 14.8 Å². The highest BCUT2D eigenvalue weighted by molar-refractivity contribution is 5.91. The lowest BCUT2D eigenvalue weighted by Crippen LogP contribution is -2.37. The predicted molar refractivity (Wildman–Crippen MR) is 76.7 cm³/mol. The maximum Gasteiger partial charge on any atom is 0.244 e. The Hall–Kier alpha value is -2.47. The molecule has 1 amide bonds. The average molecular weight is 307 g/mol. The van der Waals surface area contributed by atoms with Crippen LogP contribution in [0.2, 0.25) is 0 Å². The zero-order valence-corrected chi connectivity index (χ0v) is 11.8. The van der Waals surface area contributed by atoms with Crippen LogP contribution in [-0.4, -0.2) is 17.6 Å². The zero-order valence-electron chi connectivity index (χ0n) is 11.8. The molecule has 6 heteroatoms. The van der Waals surface area contributed by atoms with Crippen molar-refractivity contribution >= 4 is 12.0 Å². The maximum atomic E-state index is 13.4. The molecule has 22 heavy (non-hydrogen) atoms. The normalized spacial score (nSPS) is 14.0. The fraction of sp³-hybridized carbons (Fsp3) is 0.188. The minimum absolute atomic E-state index is 0.108. The fourth-order valence-corrected chi connectivity index (χ4v) is 1.82. The molecule has 0 radical (unpaired) electrons. The van der Waals surface area contributed by atoms with Crippen molar-refractivity contribution in [2.75, 3.05) is 6.54 Å². The highest BCUT2D eigenvalue weighted by Gasteiger charge is 2.26. The Labute approximate surface area is 126 Å². The minimum Gasteiger partial charge on any atom is -0.466 e. The van der Waals surface area contributed by atoms with Gasteiger partial charge in [-0.15, -0.1) is 0 Å². The number of amides is 1. The molecule has 2 rings (SSSR count). The van der Waals surface area contributed by atoms with Gasteiger partial charge >= 0.3 is 0 Å². The first-order valence-corrected chi connectivity index (χ1v) is 6.56. The molecule has 2 N–H and O–H groups in total. The van der Waals surface area contributed by atoms with Gasteiger partial charge in [0.1, 0.15) is 23.0 Å². The number of nitrogens with one attached hydrogen (secondary N) is 1. The maximum absolute atomic E-state index is 13.4. The van der Waals surface area contributed by atoms with Gasteiger partial charge in [-0.1, -0.05) is 6.07 Å². The second-order valence-electron chi connectivity index (χ2n) is 4.94. The molecule has 0 aliphatic heterocycles. The first kappa shape index (κ1) is 15.9. The summed E-state index contributed by atoms with van der Waals surface area (Å²) in [5, 5.41) is 12.6. The second kappa shape index (κ2) is 6.53. The number of hydrogen-bond donors (Lipinski definition) is 2. The van der Waals surface area contributed by atoms with E-state index in [9.17, 15) is 18.7 Å². The summed E-state index contributed by atoms with van der Waals surface area (Å²) in [5.41, 5.74) is -1.67. The number of halogens is 2. The Bertz CT molecular complexity index is 658. The number of rotatable bonds is 5. The third-order valence-corrected chi connectivity index (χ3v) is 3.06. The Morgan fingerprint density at radius 1 is 1.32 bits per heavy atom. The molecule has 0 aliphatic rings. The third kappa shape index (κ3) is 3.79. The molecule has 0 saturated heterocycles. The molecular formula is C16H15F2NO3. The molecule has 4 nitrogen and oxygen atoms in total. The van der Waals surface area contributed by atoms with Crippen molar-refractivity contribution < 1.29 is 23.1 Å². The highest BCUT2D eigenvalue weighted by Crippen LogP contribution is 2.19. The predicted octanol–water partition coefficient (Wildman–Crippen LogP) is 2.59. The summed E-state index contributed by atoms with van der Waals surface area (Å²) in [5.74, 6) is -1.80. The van der Waals surface area contributed by atoms with E-state index in [1.54, 1.807) is 12.1 Å². The SMILES string of the molecule is CC(O)(CNC(=O)C=Cc1c(F)cccc1F)c1ccco1. The van der Waals surface area contributed by atoms with Gasteiger partial charge in [0.25, 0.3) is 0 Å². The zero-order chi connectivity index (χ0) is 16.2. The molecule has 0 fully saturated rings. The van der Waals surface area contributed by atoms with Gasteiger partial charge in [-0.3, -0.25) is 4.79 Å². The molecule has 1 aromatic heterocycles. The molecule has 0 saturated carbocycles. The third-order valence-electron chi connectivity index (χ3n) is 3.06. The van der Waals surface area contributed by atoms with Crippen molar-refractivity contribution in [1.82, 2.24) is 5.32 Å². The molecule has 1 heterocycles. The van der Waals surface area contributed by atoms with E-state index in [2.05, 4.69) is 5.32 Å². The quantitative estimate of drug-likeness (QED) is 0.835. The largest absolute Gasteiger partial charge is 0.466 e. The van der Waals surface area contributed by atoms with Crippen LogP contribution >= 0.6 is 0 Å². The molecule has 0 spiro atoms. The lowest BCUT2D eigenvalue weighted by molar-refractivity contribution is -0.117. The van der Waals surface area contributed by atoms with Crippen molar-refractivity contribution in [1.29, 1.82) is 0 Å². The van der Waals surface area contributed by atoms with E-state index in [4.69, 9.17) is 4.42 Å². The van der Waals surface area contributed by atoms with Crippen LogP contribution in [0.25, 0.3) is 6.08 Å². The van der Waals surface area contributed by atoms with Crippen LogP contribution in [0, 0.1) is 11.6 Å². The van der Waals surface area contributed by atoms with Crippen molar-refractivity contribution in [3.63, 3.8) is 0 Å². The van der Waals surface area contributed by atoms with Gasteiger partial charge in [0, 0.05) is 11.6 Å². The summed E-state index contributed by atoms with van der Waals surface area (Å²) in [6.07, 6.45) is 3.45. The first-order valence-electron chi connectivity index (χ1n) is 6.56. The van der Waals surface area contributed by atoms with Crippen LogP contribution < -0.4 is 5.32 Å². The van der Waals surface area contributed by atoms with E-state index in [1.165, 1.54) is 19.3 Å². The molecule has 116 valence electrons. The van der Waals surface area contributed by atoms with Gasteiger partial charge in [0.2, 0.25) is 5.91 Å². The van der Waals surface area contributed by atoms with E-state index in [1.807, 2.05) is 0 Å². The van der Waals surface area contributed by atoms with Crippen molar-refractivity contribution in [2.24, 2.45) is 0 Å². The summed E-state index contributed by atoms with van der Waals surface area (Å²) >= 11 is 0. The van der Waals surface area contributed by atoms with Gasteiger partial charge in [-0.25, -0.2) is 8.78 Å². The van der Waals surface area contributed by atoms with Crippen molar-refractivity contribution in [2.45, 2.75) is 12.5 Å². The van der Waals surface area contributed by atoms with E-state index in [0.29, 0.717) is 5.76 Å². The summed E-state index contributed by atoms with van der Waals surface area (Å²) in [4.78, 5) is 11.7. The van der Waals surface area contributed by atoms with Gasteiger partial charge in [0.05, 0.1) is 12.8 Å². The summed E-state index contributed by atoms with van der Waals surface area (Å²) in [6, 6.07) is 6.64.